The van der Waals surface area contributed by atoms with Crippen LogP contribution in [0.5, 0.6) is 0 Å². The first-order chi connectivity index (χ1) is 17.0. The quantitative estimate of drug-likeness (QED) is 0.223. The molecular formula is C25H36N6O5. The number of benzene rings is 2. The Morgan fingerprint density at radius 2 is 1.47 bits per heavy atom. The fourth-order valence-corrected chi connectivity index (χ4v) is 3.22. The number of carbonyl (C=O) groups excluding carboxylic acids is 1. The molecule has 2 aromatic rings. The van der Waals surface area contributed by atoms with Crippen LogP contribution in [0.25, 0.3) is 0 Å². The molecule has 0 aromatic heterocycles. The summed E-state index contributed by atoms with van der Waals surface area (Å²) in [6.07, 6.45) is 3.53. The molecule has 3 N–H and O–H groups in total. The smallest absolute Gasteiger partial charge is 0.315 e. The van der Waals surface area contributed by atoms with Gasteiger partial charge in [0.1, 0.15) is 17.1 Å². The van der Waals surface area contributed by atoms with E-state index in [1.165, 1.54) is 11.0 Å². The number of amides is 1. The summed E-state index contributed by atoms with van der Waals surface area (Å²) in [7, 11) is 1.63. The van der Waals surface area contributed by atoms with E-state index in [9.17, 15) is 25.0 Å². The summed E-state index contributed by atoms with van der Waals surface area (Å²) in [4.78, 5) is 35.7. The Morgan fingerprint density at radius 3 is 2.03 bits per heavy atom. The van der Waals surface area contributed by atoms with Crippen molar-refractivity contribution in [2.24, 2.45) is 0 Å². The second-order valence-electron chi connectivity index (χ2n) is 8.59. The van der Waals surface area contributed by atoms with E-state index in [-0.39, 0.29) is 23.8 Å². The first-order valence-corrected chi connectivity index (χ1v) is 11.7. The summed E-state index contributed by atoms with van der Waals surface area (Å²) in [6.45, 7) is 10.2. The van der Waals surface area contributed by atoms with Crippen molar-refractivity contribution in [2.75, 3.05) is 42.2 Å². The van der Waals surface area contributed by atoms with Crippen molar-refractivity contribution in [1.82, 2.24) is 5.32 Å². The Labute approximate surface area is 211 Å². The molecule has 0 spiro atoms. The zero-order valence-corrected chi connectivity index (χ0v) is 21.7. The van der Waals surface area contributed by atoms with Crippen LogP contribution in [0.3, 0.4) is 0 Å². The Bertz CT molecular complexity index is 1070. The molecule has 1 amide bonds. The second kappa shape index (κ2) is 14.3. The molecule has 11 nitrogen and oxygen atoms in total. The van der Waals surface area contributed by atoms with E-state index in [4.69, 9.17) is 0 Å². The highest BCUT2D eigenvalue weighted by molar-refractivity contribution is 5.85. The average Bonchev–Trinajstić information content (AvgIpc) is 2.81. The van der Waals surface area contributed by atoms with Crippen LogP contribution in [0.2, 0.25) is 0 Å². The van der Waals surface area contributed by atoms with Gasteiger partial charge < -0.3 is 20.9 Å². The highest BCUT2D eigenvalue weighted by Crippen LogP contribution is 2.34. The molecule has 2 rings (SSSR count). The summed E-state index contributed by atoms with van der Waals surface area (Å²) < 4.78 is 0. The predicted molar refractivity (Wildman–Crippen MR) is 145 cm³/mol. The highest BCUT2D eigenvalue weighted by atomic mass is 16.6. The van der Waals surface area contributed by atoms with Gasteiger partial charge in [-0.3, -0.25) is 25.0 Å². The minimum absolute atomic E-state index is 0.0123. The topological polar surface area (TPSA) is 143 Å². The van der Waals surface area contributed by atoms with E-state index in [0.29, 0.717) is 30.2 Å². The van der Waals surface area contributed by atoms with Crippen molar-refractivity contribution < 1.29 is 14.6 Å². The van der Waals surface area contributed by atoms with Crippen molar-refractivity contribution in [1.29, 1.82) is 0 Å². The number of anilines is 3. The lowest BCUT2D eigenvalue weighted by Gasteiger charge is -2.24. The number of nitro benzene ring substituents is 2. The maximum Gasteiger partial charge on any atom is 0.315 e. The number of para-hydroxylation sites is 3. The minimum Gasteiger partial charge on any atom is -0.376 e. The van der Waals surface area contributed by atoms with Gasteiger partial charge in [0.2, 0.25) is 5.91 Å². The molecule has 2 aromatic carbocycles. The molecule has 0 bridgehead atoms. The van der Waals surface area contributed by atoms with Crippen molar-refractivity contribution in [2.45, 2.75) is 40.2 Å². The van der Waals surface area contributed by atoms with Crippen molar-refractivity contribution >= 4 is 34.3 Å². The number of carbonyl (C=O) groups is 1. The highest BCUT2D eigenvalue weighted by Gasteiger charge is 2.24. The minimum atomic E-state index is -0.477. The fourth-order valence-electron chi connectivity index (χ4n) is 3.22. The molecule has 0 saturated heterocycles. The van der Waals surface area contributed by atoms with Crippen LogP contribution in [0, 0.1) is 20.2 Å². The SMILES string of the molecule is CC.CN(CC(=O)NC(C)(C)C)c1cccc(NC/C=C/CNc2ccccc2[N+](=O)[O-])c1[N+](=O)[O-]. The van der Waals surface area contributed by atoms with Gasteiger partial charge in [-0.25, -0.2) is 0 Å². The predicted octanol–water partition coefficient (Wildman–Crippen LogP) is 4.96. The molecule has 0 heterocycles. The monoisotopic (exact) mass is 500 g/mol. The van der Waals surface area contributed by atoms with Crippen LogP contribution < -0.4 is 20.9 Å². The molecular weight excluding hydrogens is 464 g/mol. The molecule has 0 unspecified atom stereocenters. The molecule has 0 fully saturated rings. The van der Waals surface area contributed by atoms with E-state index >= 15 is 0 Å². The van der Waals surface area contributed by atoms with Crippen LogP contribution in [-0.4, -0.2) is 48.0 Å². The third-order valence-electron chi connectivity index (χ3n) is 4.59. The maximum atomic E-state index is 12.3. The molecule has 11 heteroatoms. The van der Waals surface area contributed by atoms with Crippen molar-refractivity contribution in [3.8, 4) is 0 Å². The van der Waals surface area contributed by atoms with Gasteiger partial charge >= 0.3 is 5.69 Å². The summed E-state index contributed by atoms with van der Waals surface area (Å²) in [5.74, 6) is -0.239. The number of rotatable bonds is 11. The largest absolute Gasteiger partial charge is 0.376 e. The number of nitrogens with one attached hydrogen (secondary N) is 3. The Hall–Kier alpha value is -4.15. The molecule has 0 atom stereocenters. The number of nitro groups is 2. The first kappa shape index (κ1) is 29.9. The summed E-state index contributed by atoms with van der Waals surface area (Å²) >= 11 is 0. The van der Waals surface area contributed by atoms with Gasteiger partial charge in [0.25, 0.3) is 5.69 Å². The number of hydrogen-bond acceptors (Lipinski definition) is 8. The van der Waals surface area contributed by atoms with Gasteiger partial charge in [0, 0.05) is 31.7 Å². The third-order valence-corrected chi connectivity index (χ3v) is 4.59. The summed E-state index contributed by atoms with van der Waals surface area (Å²) in [5, 5.41) is 31.7. The Morgan fingerprint density at radius 1 is 0.917 bits per heavy atom. The van der Waals surface area contributed by atoms with E-state index in [2.05, 4.69) is 16.0 Å². The molecule has 0 aliphatic carbocycles. The van der Waals surface area contributed by atoms with Gasteiger partial charge in [0.05, 0.1) is 16.4 Å². The second-order valence-corrected chi connectivity index (χ2v) is 8.59. The fraction of sp³-hybridized carbons (Fsp3) is 0.400. The molecule has 0 saturated carbocycles. The van der Waals surface area contributed by atoms with Gasteiger partial charge in [-0.2, -0.15) is 0 Å². The van der Waals surface area contributed by atoms with Gasteiger partial charge in [-0.05, 0) is 39.0 Å². The van der Waals surface area contributed by atoms with Crippen LogP contribution in [0.1, 0.15) is 34.6 Å². The Balaban J connectivity index is 0.00000316. The van der Waals surface area contributed by atoms with Crippen molar-refractivity contribution in [3.05, 3.63) is 74.8 Å². The lowest BCUT2D eigenvalue weighted by molar-refractivity contribution is -0.384. The number of nitrogens with zero attached hydrogens (tertiary/aromatic N) is 3. The molecule has 0 aliphatic heterocycles. The molecule has 0 aliphatic rings. The summed E-state index contributed by atoms with van der Waals surface area (Å²) in [5.41, 5.74) is 0.511. The average molecular weight is 501 g/mol. The third kappa shape index (κ3) is 9.61. The normalized spacial score (nSPS) is 10.7. The van der Waals surface area contributed by atoms with Gasteiger partial charge in [-0.1, -0.05) is 44.2 Å². The molecule has 196 valence electrons. The zero-order chi connectivity index (χ0) is 27.3. The standard InChI is InChI=1S/C23H30N6O5.C2H6/c1-23(2,3)26-21(30)16-27(4)20-13-9-11-18(22(20)29(33)34)25-15-8-7-14-24-17-10-5-6-12-19(17)28(31)32;1-2/h5-13,24-25H,14-16H2,1-4H3,(H,26,30);1-2H3/b8-7+;. The van der Waals surface area contributed by atoms with Crippen LogP contribution >= 0.6 is 0 Å². The lowest BCUT2D eigenvalue weighted by Crippen LogP contribution is -2.45. The number of hydrogen-bond donors (Lipinski definition) is 3. The van der Waals surface area contributed by atoms with Crippen LogP contribution in [0.15, 0.2) is 54.6 Å². The Kier molecular flexibility index (Phi) is 11.9. The molecule has 36 heavy (non-hydrogen) atoms. The molecule has 0 radical (unpaired) electrons. The first-order valence-electron chi connectivity index (χ1n) is 11.7. The zero-order valence-electron chi connectivity index (χ0n) is 21.7. The van der Waals surface area contributed by atoms with Gasteiger partial charge in [0.15, 0.2) is 0 Å². The van der Waals surface area contributed by atoms with E-state index in [1.807, 2.05) is 34.6 Å². The van der Waals surface area contributed by atoms with E-state index < -0.39 is 15.4 Å². The lowest BCUT2D eigenvalue weighted by atomic mass is 10.1. The maximum absolute atomic E-state index is 12.3. The van der Waals surface area contributed by atoms with Crippen LogP contribution in [0.4, 0.5) is 28.4 Å². The number of likely N-dealkylation sites (N-methyl/N-ethyl adjacent to an activating group) is 1. The van der Waals surface area contributed by atoms with E-state index in [1.54, 1.807) is 55.6 Å². The van der Waals surface area contributed by atoms with Crippen LogP contribution in [-0.2, 0) is 4.79 Å². The van der Waals surface area contributed by atoms with Crippen molar-refractivity contribution in [3.63, 3.8) is 0 Å². The van der Waals surface area contributed by atoms with Gasteiger partial charge in [-0.15, -0.1) is 0 Å². The van der Waals surface area contributed by atoms with E-state index in [0.717, 1.165) is 0 Å². The summed E-state index contributed by atoms with van der Waals surface area (Å²) in [6, 6.07) is 11.2.